The van der Waals surface area contributed by atoms with Crippen LogP contribution in [0.15, 0.2) is 24.3 Å². The van der Waals surface area contributed by atoms with Crippen molar-refractivity contribution in [2.24, 2.45) is 0 Å². The normalized spacial score (nSPS) is 11.1. The number of ether oxygens (including phenoxy) is 2. The lowest BCUT2D eigenvalue weighted by Crippen LogP contribution is -2.12. The molecular formula is C14H11ClF3N3O3. The number of halogens is 4. The maximum absolute atomic E-state index is 12.8. The quantitative estimate of drug-likeness (QED) is 0.661. The van der Waals surface area contributed by atoms with Gasteiger partial charge in [-0.25, -0.2) is 14.8 Å². The molecule has 2 rings (SSSR count). The summed E-state index contributed by atoms with van der Waals surface area (Å²) >= 11 is 5.60. The Morgan fingerprint density at radius 2 is 1.92 bits per heavy atom. The number of carbonyl (C=O) groups is 1. The van der Waals surface area contributed by atoms with Crippen LogP contribution in [-0.2, 0) is 10.9 Å². The number of aromatic nitrogens is 2. The number of anilines is 2. The Hall–Kier alpha value is -2.55. The first-order valence-electron chi connectivity index (χ1n) is 6.39. The van der Waals surface area contributed by atoms with Gasteiger partial charge in [0, 0.05) is 6.07 Å². The number of methoxy groups -OCH3 is 2. The molecule has 2 aromatic rings. The average molecular weight is 362 g/mol. The topological polar surface area (TPSA) is 73.3 Å². The van der Waals surface area contributed by atoms with Gasteiger partial charge in [-0.3, -0.25) is 0 Å². The van der Waals surface area contributed by atoms with E-state index in [0.717, 1.165) is 6.07 Å². The molecule has 0 bridgehead atoms. The van der Waals surface area contributed by atoms with Gasteiger partial charge < -0.3 is 14.8 Å². The summed E-state index contributed by atoms with van der Waals surface area (Å²) in [7, 11) is 2.58. The number of benzene rings is 1. The molecule has 0 spiro atoms. The Bertz CT molecular complexity index is 769. The van der Waals surface area contributed by atoms with Crippen LogP contribution in [0.5, 0.6) is 5.75 Å². The molecule has 0 amide bonds. The zero-order chi connectivity index (χ0) is 17.9. The molecule has 1 aromatic heterocycles. The summed E-state index contributed by atoms with van der Waals surface area (Å²) in [6.45, 7) is 0. The summed E-state index contributed by atoms with van der Waals surface area (Å²) in [5, 5.41) is 2.24. The van der Waals surface area contributed by atoms with Crippen LogP contribution in [-0.4, -0.2) is 30.2 Å². The second kappa shape index (κ2) is 6.91. The van der Waals surface area contributed by atoms with E-state index in [1.54, 1.807) is 0 Å². The Kier molecular flexibility index (Phi) is 5.13. The second-order valence-electron chi connectivity index (χ2n) is 4.43. The number of carbonyl (C=O) groups excluding carboxylic acids is 1. The van der Waals surface area contributed by atoms with Gasteiger partial charge in [-0.05, 0) is 18.2 Å². The molecule has 0 unspecified atom stereocenters. The summed E-state index contributed by atoms with van der Waals surface area (Å²) in [4.78, 5) is 18.1. The fourth-order valence-electron chi connectivity index (χ4n) is 1.80. The molecule has 1 aromatic carbocycles. The Labute approximate surface area is 139 Å². The molecular weight excluding hydrogens is 351 g/mol. The van der Waals surface area contributed by atoms with Crippen LogP contribution in [0.3, 0.4) is 0 Å². The van der Waals surface area contributed by atoms with Gasteiger partial charge in [0.15, 0.2) is 0 Å². The van der Waals surface area contributed by atoms with Gasteiger partial charge in [0.1, 0.15) is 16.7 Å². The van der Waals surface area contributed by atoms with E-state index in [4.69, 9.17) is 16.3 Å². The smallest absolute Gasteiger partial charge is 0.451 e. The number of nitrogens with zero attached hydrogens (tertiary/aromatic N) is 2. The van der Waals surface area contributed by atoms with Gasteiger partial charge in [0.25, 0.3) is 0 Å². The van der Waals surface area contributed by atoms with E-state index >= 15 is 0 Å². The zero-order valence-electron chi connectivity index (χ0n) is 12.4. The van der Waals surface area contributed by atoms with Crippen LogP contribution < -0.4 is 10.1 Å². The Balaban J connectivity index is 2.43. The molecule has 6 nitrogen and oxygen atoms in total. The van der Waals surface area contributed by atoms with Crippen molar-refractivity contribution in [3.05, 3.63) is 40.8 Å². The third kappa shape index (κ3) is 4.05. The molecule has 0 saturated heterocycles. The van der Waals surface area contributed by atoms with Crippen molar-refractivity contribution >= 4 is 29.1 Å². The number of rotatable bonds is 4. The van der Waals surface area contributed by atoms with Crippen molar-refractivity contribution < 1.29 is 27.4 Å². The summed E-state index contributed by atoms with van der Waals surface area (Å²) in [5.41, 5.74) is 0.389. The third-order valence-electron chi connectivity index (χ3n) is 2.83. The molecule has 24 heavy (non-hydrogen) atoms. The summed E-state index contributed by atoms with van der Waals surface area (Å²) in [5.74, 6) is -1.92. The standard InChI is InChI=1S/C14H11ClF3N3O3/c1-23-9-4-3-7(12(22)24-2)5-8(9)19-11-6-10(15)20-13(21-11)14(16,17)18/h3-6H,1-2H3,(H,19,20,21). The summed E-state index contributed by atoms with van der Waals surface area (Å²) < 4.78 is 47.9. The molecule has 0 aliphatic heterocycles. The maximum Gasteiger partial charge on any atom is 0.451 e. The molecule has 1 heterocycles. The monoisotopic (exact) mass is 361 g/mol. The van der Waals surface area contributed by atoms with E-state index in [9.17, 15) is 18.0 Å². The highest BCUT2D eigenvalue weighted by Crippen LogP contribution is 2.32. The molecule has 128 valence electrons. The molecule has 0 saturated carbocycles. The summed E-state index contributed by atoms with van der Waals surface area (Å²) in [6.07, 6.45) is -4.75. The maximum atomic E-state index is 12.8. The number of alkyl halides is 3. The minimum absolute atomic E-state index is 0.178. The van der Waals surface area contributed by atoms with Crippen LogP contribution in [0.1, 0.15) is 16.2 Å². The molecule has 0 radical (unpaired) electrons. The minimum atomic E-state index is -4.75. The van der Waals surface area contributed by atoms with E-state index in [0.29, 0.717) is 0 Å². The molecule has 0 fully saturated rings. The van der Waals surface area contributed by atoms with Crippen molar-refractivity contribution in [1.82, 2.24) is 9.97 Å². The van der Waals surface area contributed by atoms with Crippen LogP contribution in [0.4, 0.5) is 24.7 Å². The van der Waals surface area contributed by atoms with Crippen molar-refractivity contribution in [3.8, 4) is 5.75 Å². The van der Waals surface area contributed by atoms with Crippen molar-refractivity contribution in [3.63, 3.8) is 0 Å². The number of nitrogens with one attached hydrogen (secondary N) is 1. The van der Waals surface area contributed by atoms with Gasteiger partial charge in [-0.2, -0.15) is 13.2 Å². The lowest BCUT2D eigenvalue weighted by molar-refractivity contribution is -0.144. The first-order valence-corrected chi connectivity index (χ1v) is 6.77. The van der Waals surface area contributed by atoms with Crippen LogP contribution in [0.25, 0.3) is 0 Å². The average Bonchev–Trinajstić information content (AvgIpc) is 2.52. The van der Waals surface area contributed by atoms with Gasteiger partial charge in [-0.15, -0.1) is 0 Å². The lowest BCUT2D eigenvalue weighted by Gasteiger charge is -2.13. The highest BCUT2D eigenvalue weighted by atomic mass is 35.5. The fraction of sp³-hybridized carbons (Fsp3) is 0.214. The van der Waals surface area contributed by atoms with Crippen LogP contribution in [0.2, 0.25) is 5.15 Å². The highest BCUT2D eigenvalue weighted by molar-refractivity contribution is 6.29. The zero-order valence-corrected chi connectivity index (χ0v) is 13.2. The molecule has 0 aliphatic rings. The first kappa shape index (κ1) is 17.8. The highest BCUT2D eigenvalue weighted by Gasteiger charge is 2.35. The van der Waals surface area contributed by atoms with E-state index in [1.807, 2.05) is 0 Å². The van der Waals surface area contributed by atoms with Crippen LogP contribution >= 0.6 is 11.6 Å². The largest absolute Gasteiger partial charge is 0.495 e. The Morgan fingerprint density at radius 3 is 2.50 bits per heavy atom. The molecule has 10 heteroatoms. The molecule has 1 N–H and O–H groups in total. The van der Waals surface area contributed by atoms with E-state index in [2.05, 4.69) is 20.0 Å². The molecule has 0 aliphatic carbocycles. The number of esters is 1. The SMILES string of the molecule is COC(=O)c1ccc(OC)c(Nc2cc(Cl)nc(C(F)(F)F)n2)c1. The molecule has 0 atom stereocenters. The van der Waals surface area contributed by atoms with Gasteiger partial charge in [0.2, 0.25) is 5.82 Å². The third-order valence-corrected chi connectivity index (χ3v) is 3.03. The van der Waals surface area contributed by atoms with E-state index in [-0.39, 0.29) is 28.0 Å². The fourth-order valence-corrected chi connectivity index (χ4v) is 1.98. The summed E-state index contributed by atoms with van der Waals surface area (Å²) in [6, 6.07) is 5.38. The van der Waals surface area contributed by atoms with Crippen molar-refractivity contribution in [2.45, 2.75) is 6.18 Å². The van der Waals surface area contributed by atoms with E-state index in [1.165, 1.54) is 32.4 Å². The van der Waals surface area contributed by atoms with Gasteiger partial charge in [0.05, 0.1) is 25.5 Å². The van der Waals surface area contributed by atoms with Crippen molar-refractivity contribution in [1.29, 1.82) is 0 Å². The number of hydrogen-bond acceptors (Lipinski definition) is 6. The van der Waals surface area contributed by atoms with E-state index < -0.39 is 18.0 Å². The lowest BCUT2D eigenvalue weighted by atomic mass is 10.2. The van der Waals surface area contributed by atoms with Crippen molar-refractivity contribution in [2.75, 3.05) is 19.5 Å². The van der Waals surface area contributed by atoms with Gasteiger partial charge >= 0.3 is 12.1 Å². The minimum Gasteiger partial charge on any atom is -0.495 e. The predicted octanol–water partition coefficient (Wildman–Crippen LogP) is 3.69. The number of hydrogen-bond donors (Lipinski definition) is 1. The Morgan fingerprint density at radius 1 is 1.21 bits per heavy atom. The van der Waals surface area contributed by atoms with Crippen LogP contribution in [0, 0.1) is 0 Å². The first-order chi connectivity index (χ1) is 11.2. The predicted molar refractivity (Wildman–Crippen MR) is 79.7 cm³/mol. The van der Waals surface area contributed by atoms with Gasteiger partial charge in [-0.1, -0.05) is 11.6 Å². The second-order valence-corrected chi connectivity index (χ2v) is 4.82.